The van der Waals surface area contributed by atoms with Gasteiger partial charge in [-0.15, -0.1) is 12.4 Å². The lowest BCUT2D eigenvalue weighted by atomic mass is 10.0. The van der Waals surface area contributed by atoms with Crippen molar-refractivity contribution in [2.45, 2.75) is 19.4 Å². The Bertz CT molecular complexity index is 469. The van der Waals surface area contributed by atoms with Gasteiger partial charge in [0.1, 0.15) is 0 Å². The lowest BCUT2D eigenvalue weighted by Crippen LogP contribution is -2.37. The Morgan fingerprint density at radius 1 is 1.40 bits per heavy atom. The van der Waals surface area contributed by atoms with Crippen LogP contribution in [0.15, 0.2) is 24.3 Å². The number of hydrogen-bond donors (Lipinski definition) is 3. The van der Waals surface area contributed by atoms with E-state index in [1.165, 1.54) is 0 Å². The molecule has 2 atom stereocenters. The molecule has 1 rings (SSSR count). The molecule has 0 fully saturated rings. The molecule has 7 heteroatoms. The molecule has 0 saturated carbocycles. The minimum absolute atomic E-state index is 0. The van der Waals surface area contributed by atoms with Crippen molar-refractivity contribution in [1.29, 1.82) is 0 Å². The van der Waals surface area contributed by atoms with Crippen LogP contribution in [0.4, 0.5) is 0 Å². The summed E-state index contributed by atoms with van der Waals surface area (Å²) in [5.41, 5.74) is 11.4. The molecule has 0 aliphatic carbocycles. The molecular weight excluding hydrogens is 301 g/mol. The summed E-state index contributed by atoms with van der Waals surface area (Å²) >= 11 is 5.90. The average molecular weight is 320 g/mol. The standard InChI is InChI=1S/C13H18ClN3O2.ClH/c1-8(7-15)13(19)17-11(6-12(16)18)9-3-2-4-10(14)5-9;/h2-5,8,11H,6-7,15H2,1H3,(H2,16,18)(H,17,19);1H/t8?,11-;/m1./s1. The molecule has 0 spiro atoms. The molecule has 0 radical (unpaired) electrons. The summed E-state index contributed by atoms with van der Waals surface area (Å²) < 4.78 is 0. The quantitative estimate of drug-likeness (QED) is 0.738. The lowest BCUT2D eigenvalue weighted by Gasteiger charge is -2.20. The number of amides is 2. The molecule has 1 aromatic carbocycles. The molecule has 20 heavy (non-hydrogen) atoms. The molecule has 1 aromatic rings. The molecule has 0 aromatic heterocycles. The number of benzene rings is 1. The van der Waals surface area contributed by atoms with E-state index < -0.39 is 11.9 Å². The number of nitrogens with one attached hydrogen (secondary N) is 1. The third-order valence-corrected chi connectivity index (χ3v) is 3.01. The first-order chi connectivity index (χ1) is 8.93. The Morgan fingerprint density at radius 3 is 2.55 bits per heavy atom. The second kappa shape index (κ2) is 8.79. The van der Waals surface area contributed by atoms with Crippen LogP contribution >= 0.6 is 24.0 Å². The zero-order valence-electron chi connectivity index (χ0n) is 11.1. The number of primary amides is 1. The van der Waals surface area contributed by atoms with Gasteiger partial charge in [0, 0.05) is 17.5 Å². The summed E-state index contributed by atoms with van der Waals surface area (Å²) in [4.78, 5) is 23.0. The third-order valence-electron chi connectivity index (χ3n) is 2.77. The lowest BCUT2D eigenvalue weighted by molar-refractivity contribution is -0.125. The first-order valence-corrected chi connectivity index (χ1v) is 6.36. The molecule has 0 heterocycles. The number of halogens is 2. The summed E-state index contributed by atoms with van der Waals surface area (Å²) in [7, 11) is 0. The van der Waals surface area contributed by atoms with Crippen LogP contribution in [0.3, 0.4) is 0 Å². The fourth-order valence-corrected chi connectivity index (χ4v) is 1.80. The smallest absolute Gasteiger partial charge is 0.224 e. The zero-order chi connectivity index (χ0) is 14.4. The fourth-order valence-electron chi connectivity index (χ4n) is 1.60. The monoisotopic (exact) mass is 319 g/mol. The van der Waals surface area contributed by atoms with E-state index >= 15 is 0 Å². The van der Waals surface area contributed by atoms with Crippen molar-refractivity contribution in [1.82, 2.24) is 5.32 Å². The van der Waals surface area contributed by atoms with Crippen molar-refractivity contribution < 1.29 is 9.59 Å². The van der Waals surface area contributed by atoms with Gasteiger partial charge in [-0.2, -0.15) is 0 Å². The number of rotatable bonds is 6. The van der Waals surface area contributed by atoms with Gasteiger partial charge in [0.15, 0.2) is 0 Å². The number of nitrogens with two attached hydrogens (primary N) is 2. The van der Waals surface area contributed by atoms with Crippen LogP contribution in [0.5, 0.6) is 0 Å². The van der Waals surface area contributed by atoms with Gasteiger partial charge in [-0.1, -0.05) is 30.7 Å². The van der Waals surface area contributed by atoms with Crippen molar-refractivity contribution in [3.63, 3.8) is 0 Å². The molecule has 5 nitrogen and oxygen atoms in total. The highest BCUT2D eigenvalue weighted by Crippen LogP contribution is 2.20. The Hall–Kier alpha value is -1.30. The summed E-state index contributed by atoms with van der Waals surface area (Å²) in [6.07, 6.45) is 0.0172. The summed E-state index contributed by atoms with van der Waals surface area (Å²) in [6.45, 7) is 1.96. The second-order valence-electron chi connectivity index (χ2n) is 4.42. The van der Waals surface area contributed by atoms with Gasteiger partial charge >= 0.3 is 0 Å². The van der Waals surface area contributed by atoms with Crippen molar-refractivity contribution >= 4 is 35.8 Å². The van der Waals surface area contributed by atoms with Gasteiger partial charge in [-0.25, -0.2) is 0 Å². The highest BCUT2D eigenvalue weighted by atomic mass is 35.5. The Morgan fingerprint density at radius 2 is 2.05 bits per heavy atom. The van der Waals surface area contributed by atoms with E-state index in [2.05, 4.69) is 5.32 Å². The van der Waals surface area contributed by atoms with E-state index in [1.807, 2.05) is 0 Å². The molecule has 2 amide bonds. The Labute approximate surface area is 129 Å². The van der Waals surface area contributed by atoms with Gasteiger partial charge in [0.2, 0.25) is 11.8 Å². The fraction of sp³-hybridized carbons (Fsp3) is 0.385. The van der Waals surface area contributed by atoms with E-state index in [-0.39, 0.29) is 37.2 Å². The summed E-state index contributed by atoms with van der Waals surface area (Å²) in [5.74, 6) is -1.03. The first-order valence-electron chi connectivity index (χ1n) is 5.98. The van der Waals surface area contributed by atoms with Gasteiger partial charge in [-0.3, -0.25) is 9.59 Å². The summed E-state index contributed by atoms with van der Waals surface area (Å²) in [5, 5.41) is 3.30. The molecule has 1 unspecified atom stereocenters. The van der Waals surface area contributed by atoms with Gasteiger partial charge in [-0.05, 0) is 17.7 Å². The molecule has 0 aliphatic rings. The largest absolute Gasteiger partial charge is 0.370 e. The second-order valence-corrected chi connectivity index (χ2v) is 4.86. The highest BCUT2D eigenvalue weighted by Gasteiger charge is 2.20. The zero-order valence-corrected chi connectivity index (χ0v) is 12.7. The number of carbonyl (C=O) groups is 2. The number of hydrogen-bond acceptors (Lipinski definition) is 3. The topological polar surface area (TPSA) is 98.2 Å². The maximum Gasteiger partial charge on any atom is 0.224 e. The van der Waals surface area contributed by atoms with Crippen molar-refractivity contribution in [2.24, 2.45) is 17.4 Å². The third kappa shape index (κ3) is 5.77. The van der Waals surface area contributed by atoms with E-state index in [4.69, 9.17) is 23.1 Å². The van der Waals surface area contributed by atoms with Crippen molar-refractivity contribution in [3.05, 3.63) is 34.9 Å². The molecule has 0 bridgehead atoms. The van der Waals surface area contributed by atoms with E-state index in [9.17, 15) is 9.59 Å². The van der Waals surface area contributed by atoms with E-state index in [0.29, 0.717) is 5.02 Å². The minimum Gasteiger partial charge on any atom is -0.370 e. The van der Waals surface area contributed by atoms with Gasteiger partial charge in [0.25, 0.3) is 0 Å². The Kier molecular flexibility index (Phi) is 8.22. The predicted molar refractivity (Wildman–Crippen MR) is 81.6 cm³/mol. The maximum atomic E-state index is 11.8. The normalized spacial score (nSPS) is 12.9. The van der Waals surface area contributed by atoms with Crippen LogP contribution in [-0.4, -0.2) is 18.4 Å². The first kappa shape index (κ1) is 18.7. The van der Waals surface area contributed by atoms with Crippen LogP contribution in [0.1, 0.15) is 24.9 Å². The Balaban J connectivity index is 0.00000361. The van der Waals surface area contributed by atoms with Gasteiger partial charge < -0.3 is 16.8 Å². The van der Waals surface area contributed by atoms with Crippen molar-refractivity contribution in [2.75, 3.05) is 6.54 Å². The molecule has 5 N–H and O–H groups in total. The number of carbonyl (C=O) groups excluding carboxylic acids is 2. The van der Waals surface area contributed by atoms with Gasteiger partial charge in [0.05, 0.1) is 12.5 Å². The van der Waals surface area contributed by atoms with Crippen LogP contribution in [0.25, 0.3) is 0 Å². The maximum absolute atomic E-state index is 11.8. The van der Waals surface area contributed by atoms with Crippen molar-refractivity contribution in [3.8, 4) is 0 Å². The van der Waals surface area contributed by atoms with Crippen LogP contribution in [-0.2, 0) is 9.59 Å². The van der Waals surface area contributed by atoms with Crippen LogP contribution in [0, 0.1) is 5.92 Å². The summed E-state index contributed by atoms with van der Waals surface area (Å²) in [6, 6.07) is 6.47. The molecule has 112 valence electrons. The molecular formula is C13H19Cl2N3O2. The predicted octanol–water partition coefficient (Wildman–Crippen LogP) is 1.39. The highest BCUT2D eigenvalue weighted by molar-refractivity contribution is 6.30. The average Bonchev–Trinajstić information content (AvgIpc) is 2.36. The minimum atomic E-state index is -0.495. The van der Waals surface area contributed by atoms with E-state index in [0.717, 1.165) is 5.56 Å². The molecule has 0 saturated heterocycles. The van der Waals surface area contributed by atoms with Crippen LogP contribution < -0.4 is 16.8 Å². The molecule has 0 aliphatic heterocycles. The van der Waals surface area contributed by atoms with Crippen LogP contribution in [0.2, 0.25) is 5.02 Å². The van der Waals surface area contributed by atoms with E-state index in [1.54, 1.807) is 31.2 Å². The SMILES string of the molecule is CC(CN)C(=O)N[C@H](CC(N)=O)c1cccc(Cl)c1.Cl.